The molecule has 1 saturated heterocycles. The van der Waals surface area contributed by atoms with Crippen LogP contribution in [-0.2, 0) is 6.42 Å². The summed E-state index contributed by atoms with van der Waals surface area (Å²) in [5.41, 5.74) is 2.31. The smallest absolute Gasteiger partial charge is 0.255 e. The molecule has 0 unspecified atom stereocenters. The molecule has 0 atom stereocenters. The molecule has 37 heavy (non-hydrogen) atoms. The third-order valence-electron chi connectivity index (χ3n) is 6.02. The van der Waals surface area contributed by atoms with Gasteiger partial charge in [-0.05, 0) is 42.5 Å². The van der Waals surface area contributed by atoms with Crippen molar-refractivity contribution < 1.29 is 4.79 Å². The minimum atomic E-state index is -0.222. The molecule has 5 rings (SSSR count). The molecule has 0 bridgehead atoms. The summed E-state index contributed by atoms with van der Waals surface area (Å²) in [6.07, 6.45) is 2.25. The van der Waals surface area contributed by atoms with E-state index in [0.717, 1.165) is 42.6 Å². The molecule has 1 aliphatic heterocycles. The molecule has 2 aromatic heterocycles. The number of amides is 1. The van der Waals surface area contributed by atoms with Gasteiger partial charge in [0.15, 0.2) is 0 Å². The van der Waals surface area contributed by atoms with Gasteiger partial charge in [0.1, 0.15) is 11.6 Å². The van der Waals surface area contributed by atoms with Crippen LogP contribution in [0.1, 0.15) is 23.1 Å². The fourth-order valence-corrected chi connectivity index (χ4v) is 4.26. The van der Waals surface area contributed by atoms with Crippen molar-refractivity contribution in [3.05, 3.63) is 89.3 Å². The second-order valence-corrected chi connectivity index (χ2v) is 8.99. The molecule has 188 valence electrons. The van der Waals surface area contributed by atoms with E-state index in [-0.39, 0.29) is 5.91 Å². The summed E-state index contributed by atoms with van der Waals surface area (Å²) in [5, 5.41) is 6.77. The molecule has 1 aliphatic rings. The number of benzene rings is 2. The van der Waals surface area contributed by atoms with Gasteiger partial charge in [0.2, 0.25) is 11.9 Å². The van der Waals surface area contributed by atoms with E-state index in [1.807, 2.05) is 55.5 Å². The SMILES string of the molecule is CCc1nc(Nc2cc(C(=O)Nc3ccccc3)ccn2)nc(N2CCN(c3cccc(Cl)c3)CC2)n1. The zero-order valence-corrected chi connectivity index (χ0v) is 21.2. The van der Waals surface area contributed by atoms with E-state index in [0.29, 0.717) is 35.5 Å². The quantitative estimate of drug-likeness (QED) is 0.362. The third-order valence-corrected chi connectivity index (χ3v) is 6.25. The molecule has 0 radical (unpaired) electrons. The van der Waals surface area contributed by atoms with Gasteiger partial charge in [-0.2, -0.15) is 15.0 Å². The average molecular weight is 515 g/mol. The van der Waals surface area contributed by atoms with Crippen LogP contribution in [0.3, 0.4) is 0 Å². The first-order chi connectivity index (χ1) is 18.1. The van der Waals surface area contributed by atoms with Crippen molar-refractivity contribution in [1.29, 1.82) is 0 Å². The Bertz CT molecular complexity index is 1380. The number of carbonyl (C=O) groups excluding carboxylic acids is 1. The Kier molecular flexibility index (Phi) is 7.41. The third kappa shape index (κ3) is 6.13. The van der Waals surface area contributed by atoms with E-state index >= 15 is 0 Å². The van der Waals surface area contributed by atoms with Crippen LogP contribution in [0.25, 0.3) is 0 Å². The Morgan fingerprint density at radius 3 is 2.46 bits per heavy atom. The van der Waals surface area contributed by atoms with Gasteiger partial charge < -0.3 is 20.4 Å². The van der Waals surface area contributed by atoms with Crippen molar-refractivity contribution in [2.24, 2.45) is 0 Å². The summed E-state index contributed by atoms with van der Waals surface area (Å²) in [6.45, 7) is 5.21. The number of nitrogens with one attached hydrogen (secondary N) is 2. The number of hydrogen-bond donors (Lipinski definition) is 2. The lowest BCUT2D eigenvalue weighted by Gasteiger charge is -2.36. The number of aromatic nitrogens is 4. The average Bonchev–Trinajstić information content (AvgIpc) is 2.93. The van der Waals surface area contributed by atoms with Crippen LogP contribution in [0, 0.1) is 0 Å². The van der Waals surface area contributed by atoms with Gasteiger partial charge in [-0.25, -0.2) is 4.98 Å². The first-order valence-corrected chi connectivity index (χ1v) is 12.5. The molecule has 2 N–H and O–H groups in total. The normalized spacial score (nSPS) is 13.4. The Morgan fingerprint density at radius 2 is 1.70 bits per heavy atom. The van der Waals surface area contributed by atoms with Crippen LogP contribution in [0.15, 0.2) is 72.9 Å². The van der Waals surface area contributed by atoms with Crippen molar-refractivity contribution in [3.8, 4) is 0 Å². The summed E-state index contributed by atoms with van der Waals surface area (Å²) >= 11 is 6.17. The number of nitrogens with zero attached hydrogens (tertiary/aromatic N) is 6. The van der Waals surface area contributed by atoms with Crippen LogP contribution in [0.2, 0.25) is 5.02 Å². The van der Waals surface area contributed by atoms with Crippen molar-refractivity contribution in [3.63, 3.8) is 0 Å². The number of aryl methyl sites for hydroxylation is 1. The van der Waals surface area contributed by atoms with Crippen molar-refractivity contribution in [2.45, 2.75) is 13.3 Å². The number of anilines is 5. The fourth-order valence-electron chi connectivity index (χ4n) is 4.08. The highest BCUT2D eigenvalue weighted by molar-refractivity contribution is 6.30. The molecular formula is C27H27ClN8O. The summed E-state index contributed by atoms with van der Waals surface area (Å²) < 4.78 is 0. The highest BCUT2D eigenvalue weighted by atomic mass is 35.5. The fraction of sp³-hybridized carbons (Fsp3) is 0.222. The number of carbonyl (C=O) groups is 1. The van der Waals surface area contributed by atoms with Crippen LogP contribution in [0.4, 0.5) is 29.1 Å². The first kappa shape index (κ1) is 24.5. The van der Waals surface area contributed by atoms with Crippen LogP contribution in [0.5, 0.6) is 0 Å². The zero-order chi connectivity index (χ0) is 25.6. The maximum atomic E-state index is 12.7. The second kappa shape index (κ2) is 11.2. The van der Waals surface area contributed by atoms with E-state index in [9.17, 15) is 4.79 Å². The summed E-state index contributed by atoms with van der Waals surface area (Å²) in [7, 11) is 0. The molecule has 4 aromatic rings. The van der Waals surface area contributed by atoms with E-state index in [2.05, 4.69) is 46.4 Å². The monoisotopic (exact) mass is 514 g/mol. The predicted molar refractivity (Wildman–Crippen MR) is 147 cm³/mol. The van der Waals surface area contributed by atoms with E-state index in [1.54, 1.807) is 18.3 Å². The molecule has 3 heterocycles. The molecular weight excluding hydrogens is 488 g/mol. The lowest BCUT2D eigenvalue weighted by atomic mass is 10.2. The molecule has 1 amide bonds. The largest absolute Gasteiger partial charge is 0.368 e. The Hall–Kier alpha value is -4.24. The van der Waals surface area contributed by atoms with Crippen LogP contribution < -0.4 is 20.4 Å². The summed E-state index contributed by atoms with van der Waals surface area (Å²) in [4.78, 5) is 35.4. The topological polar surface area (TPSA) is 99.2 Å². The van der Waals surface area contributed by atoms with Crippen molar-refractivity contribution in [1.82, 2.24) is 19.9 Å². The predicted octanol–water partition coefficient (Wildman–Crippen LogP) is 4.80. The minimum Gasteiger partial charge on any atom is -0.368 e. The zero-order valence-electron chi connectivity index (χ0n) is 20.4. The van der Waals surface area contributed by atoms with Gasteiger partial charge in [-0.15, -0.1) is 0 Å². The number of para-hydroxylation sites is 1. The molecule has 0 spiro atoms. The molecule has 0 aliphatic carbocycles. The maximum absolute atomic E-state index is 12.7. The molecule has 9 nitrogen and oxygen atoms in total. The first-order valence-electron chi connectivity index (χ1n) is 12.2. The van der Waals surface area contributed by atoms with E-state index in [4.69, 9.17) is 11.6 Å². The number of piperazine rings is 1. The van der Waals surface area contributed by atoms with Crippen molar-refractivity contribution >= 4 is 46.6 Å². The van der Waals surface area contributed by atoms with Crippen molar-refractivity contribution in [2.75, 3.05) is 46.6 Å². The van der Waals surface area contributed by atoms with Gasteiger partial charge in [-0.1, -0.05) is 42.8 Å². The van der Waals surface area contributed by atoms with Gasteiger partial charge in [-0.3, -0.25) is 4.79 Å². The van der Waals surface area contributed by atoms with Crippen LogP contribution in [-0.4, -0.2) is 52.0 Å². The van der Waals surface area contributed by atoms with Gasteiger partial charge in [0, 0.05) is 60.8 Å². The van der Waals surface area contributed by atoms with Crippen LogP contribution >= 0.6 is 11.6 Å². The maximum Gasteiger partial charge on any atom is 0.255 e. The Labute approximate surface area is 220 Å². The lowest BCUT2D eigenvalue weighted by Crippen LogP contribution is -2.47. The Balaban J connectivity index is 1.29. The molecule has 0 saturated carbocycles. The van der Waals surface area contributed by atoms with E-state index < -0.39 is 0 Å². The summed E-state index contributed by atoms with van der Waals surface area (Å²) in [5.74, 6) is 1.96. The second-order valence-electron chi connectivity index (χ2n) is 8.56. The van der Waals surface area contributed by atoms with Gasteiger partial charge in [0.25, 0.3) is 5.91 Å². The standard InChI is InChI=1S/C27H27ClN8O/c1-2-23-31-26(32-24-17-19(11-12-29-24)25(37)30-21-8-4-3-5-9-21)34-27(33-23)36-15-13-35(14-16-36)22-10-6-7-20(28)18-22/h3-12,17-18H,2,13-16H2,1H3,(H,30,37)(H,29,31,32,33,34). The lowest BCUT2D eigenvalue weighted by molar-refractivity contribution is 0.102. The van der Waals surface area contributed by atoms with Gasteiger partial charge in [0.05, 0.1) is 0 Å². The number of hydrogen-bond acceptors (Lipinski definition) is 8. The highest BCUT2D eigenvalue weighted by Crippen LogP contribution is 2.23. The number of halogens is 1. The van der Waals surface area contributed by atoms with Gasteiger partial charge >= 0.3 is 0 Å². The Morgan fingerprint density at radius 1 is 0.919 bits per heavy atom. The molecule has 2 aromatic carbocycles. The molecule has 1 fully saturated rings. The molecule has 10 heteroatoms. The number of rotatable bonds is 7. The number of pyridine rings is 1. The minimum absolute atomic E-state index is 0.222. The summed E-state index contributed by atoms with van der Waals surface area (Å²) in [6, 6.07) is 20.6. The van der Waals surface area contributed by atoms with E-state index in [1.165, 1.54) is 0 Å². The highest BCUT2D eigenvalue weighted by Gasteiger charge is 2.21.